The number of nitrogens with one attached hydrogen (secondary N) is 1. The second-order valence-corrected chi connectivity index (χ2v) is 4.44. The molecule has 0 aliphatic carbocycles. The Bertz CT molecular complexity index is 360. The van der Waals surface area contributed by atoms with Crippen LogP contribution in [0.1, 0.15) is 12.0 Å². The molecule has 1 aromatic carbocycles. The van der Waals surface area contributed by atoms with Crippen molar-refractivity contribution in [1.29, 1.82) is 0 Å². The van der Waals surface area contributed by atoms with Crippen LogP contribution < -0.4 is 5.32 Å². The van der Waals surface area contributed by atoms with Crippen LogP contribution in [0.25, 0.3) is 0 Å². The van der Waals surface area contributed by atoms with Crippen LogP contribution in [0.15, 0.2) is 18.2 Å². The van der Waals surface area contributed by atoms with Gasteiger partial charge < -0.3 is 10.2 Å². The maximum Gasteiger partial charge on any atom is 0.159 e. The van der Waals surface area contributed by atoms with Crippen molar-refractivity contribution in [3.05, 3.63) is 35.4 Å². The third-order valence-electron chi connectivity index (χ3n) is 3.13. The fourth-order valence-corrected chi connectivity index (χ4v) is 2.11. The Labute approximate surface area is 101 Å². The summed E-state index contributed by atoms with van der Waals surface area (Å²) in [7, 11) is 0. The zero-order valence-electron chi connectivity index (χ0n) is 9.88. The molecule has 1 aliphatic heterocycles. The fourth-order valence-electron chi connectivity index (χ4n) is 2.11. The predicted molar refractivity (Wildman–Crippen MR) is 64.0 cm³/mol. The molecular weight excluding hydrogens is 222 g/mol. The standard InChI is InChI=1S/C13H18F2N2/c14-12-3-2-11(10-13(12)15)4-8-17-7-1-5-16-6-9-17/h2-3,10,16H,1,4-9H2. The molecule has 0 radical (unpaired) electrons. The van der Waals surface area contributed by atoms with Crippen molar-refractivity contribution in [1.82, 2.24) is 10.2 Å². The van der Waals surface area contributed by atoms with Gasteiger partial charge in [-0.15, -0.1) is 0 Å². The van der Waals surface area contributed by atoms with Gasteiger partial charge in [-0.25, -0.2) is 8.78 Å². The summed E-state index contributed by atoms with van der Waals surface area (Å²) in [4.78, 5) is 2.36. The molecular formula is C13H18F2N2. The Morgan fingerprint density at radius 3 is 2.82 bits per heavy atom. The summed E-state index contributed by atoms with van der Waals surface area (Å²) in [5.74, 6) is -1.52. The summed E-state index contributed by atoms with van der Waals surface area (Å²) in [6.45, 7) is 5.10. The molecule has 0 spiro atoms. The number of nitrogens with zero attached hydrogens (tertiary/aromatic N) is 1. The topological polar surface area (TPSA) is 15.3 Å². The Balaban J connectivity index is 1.85. The molecule has 1 fully saturated rings. The van der Waals surface area contributed by atoms with Gasteiger partial charge in [0.15, 0.2) is 11.6 Å². The third kappa shape index (κ3) is 3.75. The van der Waals surface area contributed by atoms with Gasteiger partial charge in [-0.05, 0) is 43.6 Å². The van der Waals surface area contributed by atoms with Crippen LogP contribution in [-0.2, 0) is 6.42 Å². The zero-order valence-corrected chi connectivity index (χ0v) is 9.88. The van der Waals surface area contributed by atoms with Gasteiger partial charge in [0.05, 0.1) is 0 Å². The minimum Gasteiger partial charge on any atom is -0.315 e. The van der Waals surface area contributed by atoms with Gasteiger partial charge in [0.25, 0.3) is 0 Å². The monoisotopic (exact) mass is 240 g/mol. The van der Waals surface area contributed by atoms with Crippen molar-refractivity contribution < 1.29 is 8.78 Å². The van der Waals surface area contributed by atoms with Gasteiger partial charge in [0.2, 0.25) is 0 Å². The maximum atomic E-state index is 13.0. The lowest BCUT2D eigenvalue weighted by atomic mass is 10.1. The average Bonchev–Trinajstić information content (AvgIpc) is 2.59. The molecule has 0 atom stereocenters. The largest absolute Gasteiger partial charge is 0.315 e. The van der Waals surface area contributed by atoms with Gasteiger partial charge in [-0.1, -0.05) is 6.07 Å². The molecule has 1 N–H and O–H groups in total. The zero-order chi connectivity index (χ0) is 12.1. The van der Waals surface area contributed by atoms with E-state index in [9.17, 15) is 8.78 Å². The first-order valence-corrected chi connectivity index (χ1v) is 6.13. The predicted octanol–water partition coefficient (Wildman–Crippen LogP) is 1.80. The van der Waals surface area contributed by atoms with Crippen LogP contribution in [-0.4, -0.2) is 37.6 Å². The first-order chi connectivity index (χ1) is 8.25. The molecule has 2 nitrogen and oxygen atoms in total. The Hall–Kier alpha value is -1.00. The molecule has 0 aromatic heterocycles. The Morgan fingerprint density at radius 1 is 1.12 bits per heavy atom. The van der Waals surface area contributed by atoms with Crippen LogP contribution in [0.2, 0.25) is 0 Å². The number of rotatable bonds is 3. The number of hydrogen-bond acceptors (Lipinski definition) is 2. The average molecular weight is 240 g/mol. The summed E-state index contributed by atoms with van der Waals surface area (Å²) >= 11 is 0. The van der Waals surface area contributed by atoms with E-state index in [0.717, 1.165) is 51.1 Å². The third-order valence-corrected chi connectivity index (χ3v) is 3.13. The van der Waals surface area contributed by atoms with Crippen LogP contribution in [0.3, 0.4) is 0 Å². The van der Waals surface area contributed by atoms with Crippen molar-refractivity contribution in [2.45, 2.75) is 12.8 Å². The second kappa shape index (κ2) is 6.07. The molecule has 0 unspecified atom stereocenters. The molecule has 1 saturated heterocycles. The van der Waals surface area contributed by atoms with E-state index >= 15 is 0 Å². The van der Waals surface area contributed by atoms with Crippen molar-refractivity contribution in [3.8, 4) is 0 Å². The summed E-state index contributed by atoms with van der Waals surface area (Å²) in [6.07, 6.45) is 1.93. The SMILES string of the molecule is Fc1ccc(CCN2CCCNCC2)cc1F. The highest BCUT2D eigenvalue weighted by Gasteiger charge is 2.09. The smallest absolute Gasteiger partial charge is 0.159 e. The van der Waals surface area contributed by atoms with Crippen LogP contribution in [0.4, 0.5) is 8.78 Å². The first kappa shape index (κ1) is 12.5. The molecule has 4 heteroatoms. The lowest BCUT2D eigenvalue weighted by molar-refractivity contribution is 0.296. The molecule has 17 heavy (non-hydrogen) atoms. The number of hydrogen-bond donors (Lipinski definition) is 1. The number of halogens is 2. The molecule has 0 saturated carbocycles. The van der Waals surface area contributed by atoms with E-state index in [-0.39, 0.29) is 0 Å². The van der Waals surface area contributed by atoms with Crippen LogP contribution >= 0.6 is 0 Å². The fraction of sp³-hybridized carbons (Fsp3) is 0.538. The van der Waals surface area contributed by atoms with Gasteiger partial charge in [0.1, 0.15) is 0 Å². The van der Waals surface area contributed by atoms with Crippen molar-refractivity contribution in [2.75, 3.05) is 32.7 Å². The minimum absolute atomic E-state index is 0.750. The number of benzene rings is 1. The molecule has 0 amide bonds. The van der Waals surface area contributed by atoms with E-state index in [4.69, 9.17) is 0 Å². The summed E-state index contributed by atoms with van der Waals surface area (Å²) in [5.41, 5.74) is 0.862. The van der Waals surface area contributed by atoms with E-state index < -0.39 is 11.6 Å². The Morgan fingerprint density at radius 2 is 2.00 bits per heavy atom. The van der Waals surface area contributed by atoms with Gasteiger partial charge in [0, 0.05) is 19.6 Å². The van der Waals surface area contributed by atoms with Crippen LogP contribution in [0, 0.1) is 11.6 Å². The molecule has 94 valence electrons. The van der Waals surface area contributed by atoms with Crippen molar-refractivity contribution in [3.63, 3.8) is 0 Å². The van der Waals surface area contributed by atoms with E-state index in [1.807, 2.05) is 0 Å². The quantitative estimate of drug-likeness (QED) is 0.866. The first-order valence-electron chi connectivity index (χ1n) is 6.13. The molecule has 0 bridgehead atoms. The highest BCUT2D eigenvalue weighted by molar-refractivity contribution is 5.18. The van der Waals surface area contributed by atoms with Gasteiger partial charge in [-0.2, -0.15) is 0 Å². The minimum atomic E-state index is -0.771. The molecule has 1 heterocycles. The highest BCUT2D eigenvalue weighted by atomic mass is 19.2. The van der Waals surface area contributed by atoms with Gasteiger partial charge in [-0.3, -0.25) is 0 Å². The van der Waals surface area contributed by atoms with Crippen LogP contribution in [0.5, 0.6) is 0 Å². The van der Waals surface area contributed by atoms with E-state index in [1.165, 1.54) is 12.1 Å². The van der Waals surface area contributed by atoms with Crippen molar-refractivity contribution >= 4 is 0 Å². The lowest BCUT2D eigenvalue weighted by Gasteiger charge is -2.19. The summed E-state index contributed by atoms with van der Waals surface area (Å²) in [6, 6.07) is 4.16. The highest BCUT2D eigenvalue weighted by Crippen LogP contribution is 2.10. The molecule has 1 aliphatic rings. The summed E-state index contributed by atoms with van der Waals surface area (Å²) in [5, 5.41) is 3.34. The second-order valence-electron chi connectivity index (χ2n) is 4.44. The van der Waals surface area contributed by atoms with Crippen molar-refractivity contribution in [2.24, 2.45) is 0 Å². The maximum absolute atomic E-state index is 13.0. The van der Waals surface area contributed by atoms with E-state index in [0.29, 0.717) is 0 Å². The van der Waals surface area contributed by atoms with Gasteiger partial charge >= 0.3 is 0 Å². The molecule has 2 rings (SSSR count). The van der Waals surface area contributed by atoms with E-state index in [2.05, 4.69) is 10.2 Å². The lowest BCUT2D eigenvalue weighted by Crippen LogP contribution is -2.30. The molecule has 1 aromatic rings. The normalized spacial score (nSPS) is 18.0. The van der Waals surface area contributed by atoms with E-state index in [1.54, 1.807) is 6.07 Å². The Kier molecular flexibility index (Phi) is 4.45. The summed E-state index contributed by atoms with van der Waals surface area (Å²) < 4.78 is 25.8.